The molecular weight excluding hydrogens is 230 g/mol. The molecule has 0 atom stereocenters. The van der Waals surface area contributed by atoms with Crippen LogP contribution in [-0.2, 0) is 0 Å². The zero-order chi connectivity index (χ0) is 10.8. The van der Waals surface area contributed by atoms with Gasteiger partial charge in [-0.05, 0) is 12.1 Å². The van der Waals surface area contributed by atoms with E-state index < -0.39 is 5.97 Å². The molecule has 5 nitrogen and oxygen atoms in total. The summed E-state index contributed by atoms with van der Waals surface area (Å²) in [6.07, 6.45) is 1.24. The highest BCUT2D eigenvalue weighted by molar-refractivity contribution is 5.92. The summed E-state index contributed by atoms with van der Waals surface area (Å²) in [5.74, 6) is -0.941. The van der Waals surface area contributed by atoms with Crippen molar-refractivity contribution >= 4 is 24.2 Å². The highest BCUT2D eigenvalue weighted by atomic mass is 35.5. The molecule has 0 aliphatic heterocycles. The SMILES string of the molecule is Cl.Nc1c(C(=O)O)cnn1-c1ccccc1. The summed E-state index contributed by atoms with van der Waals surface area (Å²) in [5, 5.41) is 12.7. The van der Waals surface area contributed by atoms with Gasteiger partial charge in [0.1, 0.15) is 11.4 Å². The van der Waals surface area contributed by atoms with Crippen LogP contribution in [0.25, 0.3) is 5.69 Å². The van der Waals surface area contributed by atoms with Gasteiger partial charge in [-0.3, -0.25) is 0 Å². The van der Waals surface area contributed by atoms with Gasteiger partial charge in [0, 0.05) is 0 Å². The zero-order valence-corrected chi connectivity index (χ0v) is 9.02. The van der Waals surface area contributed by atoms with Crippen molar-refractivity contribution < 1.29 is 9.90 Å². The third kappa shape index (κ3) is 1.99. The number of benzene rings is 1. The third-order valence-electron chi connectivity index (χ3n) is 2.04. The van der Waals surface area contributed by atoms with E-state index in [-0.39, 0.29) is 23.8 Å². The molecule has 0 saturated carbocycles. The first-order valence-corrected chi connectivity index (χ1v) is 4.32. The van der Waals surface area contributed by atoms with E-state index in [2.05, 4.69) is 5.10 Å². The second-order valence-electron chi connectivity index (χ2n) is 3.00. The maximum absolute atomic E-state index is 10.7. The highest BCUT2D eigenvalue weighted by Gasteiger charge is 2.14. The molecule has 0 saturated heterocycles. The molecule has 84 valence electrons. The van der Waals surface area contributed by atoms with E-state index in [1.165, 1.54) is 10.9 Å². The maximum atomic E-state index is 10.7. The summed E-state index contributed by atoms with van der Waals surface area (Å²) in [6, 6.07) is 9.12. The second-order valence-corrected chi connectivity index (χ2v) is 3.00. The summed E-state index contributed by atoms with van der Waals surface area (Å²) in [4.78, 5) is 10.7. The molecule has 3 N–H and O–H groups in total. The summed E-state index contributed by atoms with van der Waals surface area (Å²) in [7, 11) is 0. The number of aromatic carboxylic acids is 1. The number of hydrogen-bond acceptors (Lipinski definition) is 3. The molecule has 0 aliphatic carbocycles. The van der Waals surface area contributed by atoms with E-state index in [0.29, 0.717) is 0 Å². The lowest BCUT2D eigenvalue weighted by Crippen LogP contribution is -2.05. The van der Waals surface area contributed by atoms with Crippen LogP contribution in [0.15, 0.2) is 36.5 Å². The molecule has 2 aromatic rings. The van der Waals surface area contributed by atoms with Crippen LogP contribution >= 0.6 is 12.4 Å². The van der Waals surface area contributed by atoms with Crippen LogP contribution in [0.2, 0.25) is 0 Å². The van der Waals surface area contributed by atoms with Crippen molar-refractivity contribution in [2.75, 3.05) is 5.73 Å². The number of nitrogen functional groups attached to an aromatic ring is 1. The molecule has 0 amide bonds. The lowest BCUT2D eigenvalue weighted by Gasteiger charge is -2.02. The molecule has 1 heterocycles. The smallest absolute Gasteiger partial charge is 0.341 e. The highest BCUT2D eigenvalue weighted by Crippen LogP contribution is 2.16. The average Bonchev–Trinajstić information content (AvgIpc) is 2.61. The number of carboxylic acid groups (broad SMARTS) is 1. The Morgan fingerprint density at radius 3 is 2.44 bits per heavy atom. The molecule has 16 heavy (non-hydrogen) atoms. The Morgan fingerprint density at radius 2 is 1.94 bits per heavy atom. The van der Waals surface area contributed by atoms with Gasteiger partial charge >= 0.3 is 5.97 Å². The van der Waals surface area contributed by atoms with Crippen LogP contribution in [0, 0.1) is 0 Å². The summed E-state index contributed by atoms with van der Waals surface area (Å²) in [6.45, 7) is 0. The topological polar surface area (TPSA) is 81.1 Å². The van der Waals surface area contributed by atoms with Crippen molar-refractivity contribution in [3.63, 3.8) is 0 Å². The van der Waals surface area contributed by atoms with Gasteiger partial charge in [-0.2, -0.15) is 5.10 Å². The zero-order valence-electron chi connectivity index (χ0n) is 8.20. The van der Waals surface area contributed by atoms with Gasteiger partial charge in [0.15, 0.2) is 0 Å². The number of halogens is 1. The fraction of sp³-hybridized carbons (Fsp3) is 0. The van der Waals surface area contributed by atoms with E-state index in [0.717, 1.165) is 5.69 Å². The Bertz CT molecular complexity index is 496. The predicted molar refractivity (Wildman–Crippen MR) is 62.2 cm³/mol. The Balaban J connectivity index is 0.00000128. The number of nitrogens with two attached hydrogens (primary N) is 1. The standard InChI is InChI=1S/C10H9N3O2.ClH/c11-9-8(10(14)15)6-12-13(9)7-4-2-1-3-5-7;/h1-6H,11H2,(H,14,15);1H. The van der Waals surface area contributed by atoms with Crippen molar-refractivity contribution in [1.29, 1.82) is 0 Å². The van der Waals surface area contributed by atoms with Crippen LogP contribution in [0.1, 0.15) is 10.4 Å². The molecule has 0 radical (unpaired) electrons. The van der Waals surface area contributed by atoms with Crippen LogP contribution in [0.4, 0.5) is 5.82 Å². The fourth-order valence-electron chi connectivity index (χ4n) is 1.30. The molecule has 0 spiro atoms. The summed E-state index contributed by atoms with van der Waals surface area (Å²) >= 11 is 0. The number of rotatable bonds is 2. The van der Waals surface area contributed by atoms with Gasteiger partial charge in [0.2, 0.25) is 0 Å². The van der Waals surface area contributed by atoms with Gasteiger partial charge in [-0.1, -0.05) is 18.2 Å². The molecule has 2 rings (SSSR count). The van der Waals surface area contributed by atoms with Crippen molar-refractivity contribution in [3.05, 3.63) is 42.1 Å². The minimum absolute atomic E-state index is 0. The predicted octanol–water partition coefficient (Wildman–Crippen LogP) is 1.57. The average molecular weight is 240 g/mol. The van der Waals surface area contributed by atoms with Crippen LogP contribution < -0.4 is 5.73 Å². The lowest BCUT2D eigenvalue weighted by molar-refractivity contribution is 0.0698. The monoisotopic (exact) mass is 239 g/mol. The van der Waals surface area contributed by atoms with Crippen LogP contribution in [-0.4, -0.2) is 20.9 Å². The first-order chi connectivity index (χ1) is 7.20. The van der Waals surface area contributed by atoms with E-state index in [1.54, 1.807) is 12.1 Å². The number of para-hydroxylation sites is 1. The summed E-state index contributed by atoms with van der Waals surface area (Å²) < 4.78 is 1.39. The molecule has 0 fully saturated rings. The number of hydrogen-bond donors (Lipinski definition) is 2. The first kappa shape index (κ1) is 12.1. The largest absolute Gasteiger partial charge is 0.477 e. The molecule has 0 unspecified atom stereocenters. The maximum Gasteiger partial charge on any atom is 0.341 e. The summed E-state index contributed by atoms with van der Waals surface area (Å²) in [5.41, 5.74) is 6.41. The van der Waals surface area contributed by atoms with E-state index in [9.17, 15) is 4.79 Å². The molecule has 0 aliphatic rings. The molecule has 6 heteroatoms. The fourth-order valence-corrected chi connectivity index (χ4v) is 1.30. The van der Waals surface area contributed by atoms with Gasteiger partial charge < -0.3 is 10.8 Å². The minimum Gasteiger partial charge on any atom is -0.477 e. The van der Waals surface area contributed by atoms with E-state index in [1.807, 2.05) is 18.2 Å². The van der Waals surface area contributed by atoms with Gasteiger partial charge in [0.05, 0.1) is 11.9 Å². The number of anilines is 1. The number of aromatic nitrogens is 2. The van der Waals surface area contributed by atoms with Gasteiger partial charge in [0.25, 0.3) is 0 Å². The van der Waals surface area contributed by atoms with Gasteiger partial charge in [-0.25, -0.2) is 9.48 Å². The van der Waals surface area contributed by atoms with E-state index >= 15 is 0 Å². The Hall–Kier alpha value is -2.01. The molecule has 0 bridgehead atoms. The quantitative estimate of drug-likeness (QED) is 0.834. The third-order valence-corrected chi connectivity index (χ3v) is 2.04. The first-order valence-electron chi connectivity index (χ1n) is 4.32. The van der Waals surface area contributed by atoms with Crippen molar-refractivity contribution in [1.82, 2.24) is 9.78 Å². The Labute approximate surface area is 97.9 Å². The Morgan fingerprint density at radius 1 is 1.31 bits per heavy atom. The normalized spacial score (nSPS) is 9.50. The lowest BCUT2D eigenvalue weighted by atomic mass is 10.3. The van der Waals surface area contributed by atoms with E-state index in [4.69, 9.17) is 10.8 Å². The van der Waals surface area contributed by atoms with Crippen LogP contribution in [0.5, 0.6) is 0 Å². The molecular formula is C10H10ClN3O2. The van der Waals surface area contributed by atoms with Crippen molar-refractivity contribution in [2.45, 2.75) is 0 Å². The van der Waals surface area contributed by atoms with Gasteiger partial charge in [-0.15, -0.1) is 12.4 Å². The van der Waals surface area contributed by atoms with Crippen molar-refractivity contribution in [2.24, 2.45) is 0 Å². The number of nitrogens with zero attached hydrogens (tertiary/aromatic N) is 2. The number of carboxylic acids is 1. The van der Waals surface area contributed by atoms with Crippen molar-refractivity contribution in [3.8, 4) is 5.69 Å². The number of carbonyl (C=O) groups is 1. The molecule has 1 aromatic carbocycles. The second kappa shape index (κ2) is 4.67. The molecule has 1 aromatic heterocycles. The Kier molecular flexibility index (Phi) is 3.52. The minimum atomic E-state index is -1.07. The van der Waals surface area contributed by atoms with Crippen LogP contribution in [0.3, 0.4) is 0 Å².